The van der Waals surface area contributed by atoms with Crippen molar-refractivity contribution in [2.45, 2.75) is 31.8 Å². The van der Waals surface area contributed by atoms with E-state index in [-0.39, 0.29) is 30.0 Å². The van der Waals surface area contributed by atoms with Gasteiger partial charge in [-0.15, -0.1) is 0 Å². The highest BCUT2D eigenvalue weighted by Gasteiger charge is 2.30. The lowest BCUT2D eigenvalue weighted by molar-refractivity contribution is -0.141. The van der Waals surface area contributed by atoms with Crippen LogP contribution in [0.4, 0.5) is 0 Å². The topological polar surface area (TPSA) is 88.4 Å². The molecule has 1 saturated carbocycles. The van der Waals surface area contributed by atoms with E-state index in [0.717, 1.165) is 4.47 Å². The molecule has 0 radical (unpaired) electrons. The van der Waals surface area contributed by atoms with Crippen LogP contribution < -0.4 is 10.9 Å². The zero-order chi connectivity index (χ0) is 14.7. The Bertz CT molecular complexity index is 584. The van der Waals surface area contributed by atoms with Gasteiger partial charge in [0.25, 0.3) is 5.56 Å². The fraction of sp³-hybridized carbons (Fsp3) is 0.462. The highest BCUT2D eigenvalue weighted by Crippen LogP contribution is 2.25. The van der Waals surface area contributed by atoms with Crippen molar-refractivity contribution in [1.29, 1.82) is 0 Å². The molecule has 0 aromatic carbocycles. The Morgan fingerprint density at radius 2 is 2.15 bits per heavy atom. The van der Waals surface area contributed by atoms with Gasteiger partial charge in [0, 0.05) is 22.8 Å². The van der Waals surface area contributed by atoms with Crippen LogP contribution in [0.15, 0.2) is 27.6 Å². The number of carbonyl (C=O) groups excluding carboxylic acids is 1. The van der Waals surface area contributed by atoms with Crippen LogP contribution in [0, 0.1) is 5.92 Å². The second kappa shape index (κ2) is 6.21. The molecule has 1 fully saturated rings. The first-order valence-electron chi connectivity index (χ1n) is 6.34. The molecule has 1 aliphatic rings. The summed E-state index contributed by atoms with van der Waals surface area (Å²) in [6, 6.07) is 2.88. The maximum Gasteiger partial charge on any atom is 0.306 e. The summed E-state index contributed by atoms with van der Waals surface area (Å²) < 4.78 is 2.03. The molecule has 2 atom stereocenters. The third-order valence-corrected chi connectivity index (χ3v) is 3.88. The molecule has 20 heavy (non-hydrogen) atoms. The van der Waals surface area contributed by atoms with Crippen molar-refractivity contribution in [2.24, 2.45) is 5.92 Å². The number of carboxylic acids is 1. The minimum Gasteiger partial charge on any atom is -0.481 e. The van der Waals surface area contributed by atoms with Gasteiger partial charge in [0.2, 0.25) is 5.91 Å². The number of aliphatic carboxylic acids is 1. The lowest BCUT2D eigenvalue weighted by Crippen LogP contribution is -2.37. The number of nitrogens with one attached hydrogen (secondary N) is 1. The maximum absolute atomic E-state index is 11.9. The largest absolute Gasteiger partial charge is 0.481 e. The fourth-order valence-electron chi connectivity index (χ4n) is 2.39. The fourth-order valence-corrected chi connectivity index (χ4v) is 2.77. The van der Waals surface area contributed by atoms with Gasteiger partial charge >= 0.3 is 5.97 Å². The van der Waals surface area contributed by atoms with Crippen molar-refractivity contribution >= 4 is 27.8 Å². The monoisotopic (exact) mass is 342 g/mol. The molecule has 7 heteroatoms. The van der Waals surface area contributed by atoms with E-state index < -0.39 is 5.97 Å². The van der Waals surface area contributed by atoms with E-state index in [9.17, 15) is 14.4 Å². The van der Waals surface area contributed by atoms with Crippen LogP contribution in [0.25, 0.3) is 0 Å². The minimum atomic E-state index is -0.815. The Balaban J connectivity index is 1.92. The van der Waals surface area contributed by atoms with Crippen molar-refractivity contribution in [2.75, 3.05) is 0 Å². The van der Waals surface area contributed by atoms with Gasteiger partial charge in [-0.25, -0.2) is 0 Å². The maximum atomic E-state index is 11.9. The molecule has 2 rings (SSSR count). The standard InChI is InChI=1S/C13H15BrN2O4/c14-9-2-4-12(18)16(6-9)7-11(17)15-10-3-1-8(5-10)13(19)20/h2,4,6,8,10H,1,3,5,7H2,(H,15,17)(H,19,20)/t8-,10+/m0/s1. The SMILES string of the molecule is O=C(Cn1cc(Br)ccc1=O)N[C@@H]1CC[C@H](C(=O)O)C1. The van der Waals surface area contributed by atoms with Gasteiger partial charge in [-0.3, -0.25) is 14.4 Å². The highest BCUT2D eigenvalue weighted by molar-refractivity contribution is 9.10. The molecule has 1 aliphatic carbocycles. The van der Waals surface area contributed by atoms with Crippen LogP contribution in [0.2, 0.25) is 0 Å². The molecule has 108 valence electrons. The molecule has 1 aromatic heterocycles. The molecular formula is C13H15BrN2O4. The molecule has 0 aliphatic heterocycles. The molecule has 1 amide bonds. The lowest BCUT2D eigenvalue weighted by atomic mass is 10.1. The van der Waals surface area contributed by atoms with Crippen LogP contribution in [-0.4, -0.2) is 27.6 Å². The number of pyridine rings is 1. The molecule has 2 N–H and O–H groups in total. The van der Waals surface area contributed by atoms with Gasteiger partial charge < -0.3 is 15.0 Å². The molecule has 0 spiro atoms. The number of nitrogens with zero attached hydrogens (tertiary/aromatic N) is 1. The van der Waals surface area contributed by atoms with Crippen molar-refractivity contribution < 1.29 is 14.7 Å². The van der Waals surface area contributed by atoms with E-state index in [1.54, 1.807) is 12.3 Å². The normalized spacial score (nSPS) is 21.6. The Kier molecular flexibility index (Phi) is 4.59. The predicted molar refractivity (Wildman–Crippen MR) is 75.3 cm³/mol. The number of rotatable bonds is 4. The number of halogens is 1. The Labute approximate surface area is 123 Å². The van der Waals surface area contributed by atoms with Crippen LogP contribution >= 0.6 is 15.9 Å². The van der Waals surface area contributed by atoms with E-state index in [2.05, 4.69) is 21.2 Å². The van der Waals surface area contributed by atoms with E-state index in [1.807, 2.05) is 0 Å². The molecule has 0 unspecified atom stereocenters. The van der Waals surface area contributed by atoms with E-state index in [1.165, 1.54) is 10.6 Å². The van der Waals surface area contributed by atoms with Gasteiger partial charge in [-0.2, -0.15) is 0 Å². The highest BCUT2D eigenvalue weighted by atomic mass is 79.9. The number of hydrogen-bond donors (Lipinski definition) is 2. The molecule has 0 bridgehead atoms. The van der Waals surface area contributed by atoms with Crippen LogP contribution in [0.5, 0.6) is 0 Å². The summed E-state index contributed by atoms with van der Waals surface area (Å²) in [7, 11) is 0. The zero-order valence-corrected chi connectivity index (χ0v) is 12.3. The smallest absolute Gasteiger partial charge is 0.306 e. The number of amides is 1. The van der Waals surface area contributed by atoms with Crippen molar-refractivity contribution in [1.82, 2.24) is 9.88 Å². The molecule has 6 nitrogen and oxygen atoms in total. The first-order valence-corrected chi connectivity index (χ1v) is 7.13. The molecular weight excluding hydrogens is 328 g/mol. The summed E-state index contributed by atoms with van der Waals surface area (Å²) in [6.07, 6.45) is 3.25. The predicted octanol–water partition coefficient (Wildman–Crippen LogP) is 0.980. The molecule has 1 aromatic rings. The summed E-state index contributed by atoms with van der Waals surface area (Å²) in [4.78, 5) is 34.3. The summed E-state index contributed by atoms with van der Waals surface area (Å²) in [5.41, 5.74) is -0.252. The van der Waals surface area contributed by atoms with Gasteiger partial charge in [-0.05, 0) is 41.3 Å². The quantitative estimate of drug-likeness (QED) is 0.853. The van der Waals surface area contributed by atoms with Crippen molar-refractivity contribution in [3.63, 3.8) is 0 Å². The molecule has 0 saturated heterocycles. The van der Waals surface area contributed by atoms with Crippen LogP contribution in [0.1, 0.15) is 19.3 Å². The third-order valence-electron chi connectivity index (χ3n) is 3.41. The first kappa shape index (κ1) is 14.8. The number of carboxylic acid groups (broad SMARTS) is 1. The van der Waals surface area contributed by atoms with Gasteiger partial charge in [0.1, 0.15) is 6.54 Å². The molecule has 1 heterocycles. The Morgan fingerprint density at radius 1 is 1.40 bits per heavy atom. The van der Waals surface area contributed by atoms with Crippen LogP contribution in [-0.2, 0) is 16.1 Å². The number of aromatic nitrogens is 1. The second-order valence-corrected chi connectivity index (χ2v) is 5.84. The van der Waals surface area contributed by atoms with Crippen LogP contribution in [0.3, 0.4) is 0 Å². The average Bonchev–Trinajstić information content (AvgIpc) is 2.82. The van der Waals surface area contributed by atoms with Gasteiger partial charge in [0.15, 0.2) is 0 Å². The van der Waals surface area contributed by atoms with Gasteiger partial charge in [0.05, 0.1) is 5.92 Å². The second-order valence-electron chi connectivity index (χ2n) is 4.93. The van der Waals surface area contributed by atoms with E-state index in [4.69, 9.17) is 5.11 Å². The van der Waals surface area contributed by atoms with Crippen molar-refractivity contribution in [3.8, 4) is 0 Å². The summed E-state index contributed by atoms with van der Waals surface area (Å²) in [5, 5.41) is 11.7. The first-order chi connectivity index (χ1) is 9.45. The average molecular weight is 343 g/mol. The number of hydrogen-bond acceptors (Lipinski definition) is 3. The van der Waals surface area contributed by atoms with Gasteiger partial charge in [-0.1, -0.05) is 0 Å². The minimum absolute atomic E-state index is 0.0630. The summed E-state index contributed by atoms with van der Waals surface area (Å²) >= 11 is 3.24. The van der Waals surface area contributed by atoms with E-state index >= 15 is 0 Å². The third kappa shape index (κ3) is 3.69. The lowest BCUT2D eigenvalue weighted by Gasteiger charge is -2.13. The summed E-state index contributed by atoms with van der Waals surface area (Å²) in [6.45, 7) is -0.0630. The Morgan fingerprint density at radius 3 is 2.80 bits per heavy atom. The van der Waals surface area contributed by atoms with Crippen molar-refractivity contribution in [3.05, 3.63) is 33.2 Å². The zero-order valence-electron chi connectivity index (χ0n) is 10.7. The Hall–Kier alpha value is -1.63. The number of carbonyl (C=O) groups is 2. The van der Waals surface area contributed by atoms with E-state index in [0.29, 0.717) is 19.3 Å². The summed E-state index contributed by atoms with van der Waals surface area (Å²) in [5.74, 6) is -1.47.